The van der Waals surface area contributed by atoms with Crippen molar-refractivity contribution in [1.82, 2.24) is 14.5 Å². The fraction of sp³-hybridized carbons (Fsp3) is 0.182. The molecule has 0 aliphatic carbocycles. The van der Waals surface area contributed by atoms with Gasteiger partial charge in [0.15, 0.2) is 0 Å². The minimum absolute atomic E-state index is 0.0130. The molecule has 1 aromatic heterocycles. The van der Waals surface area contributed by atoms with Gasteiger partial charge in [0.2, 0.25) is 10.0 Å². The number of hydrogen-bond acceptors (Lipinski definition) is 4. The maximum atomic E-state index is 13.2. The molecule has 0 amide bonds. The Hall–Kier alpha value is -1.93. The Morgan fingerprint density at radius 1 is 1.42 bits per heavy atom. The molecule has 0 aliphatic heterocycles. The number of nitrogens with two attached hydrogens (primary N) is 1. The Kier molecular flexibility index (Phi) is 3.54. The van der Waals surface area contributed by atoms with Crippen LogP contribution in [0.2, 0.25) is 0 Å². The summed E-state index contributed by atoms with van der Waals surface area (Å²) in [5, 5.41) is 4.03. The molecular formula is C11H13FN4O2S. The highest BCUT2D eigenvalue weighted by atomic mass is 32.2. The molecule has 0 saturated carbocycles. The molecule has 0 spiro atoms. The van der Waals surface area contributed by atoms with Crippen LogP contribution >= 0.6 is 0 Å². The monoisotopic (exact) mass is 284 g/mol. The molecule has 0 bridgehead atoms. The summed E-state index contributed by atoms with van der Waals surface area (Å²) in [6.45, 7) is 0.0130. The van der Waals surface area contributed by atoms with Crippen LogP contribution in [0, 0.1) is 5.82 Å². The summed E-state index contributed by atoms with van der Waals surface area (Å²) in [5.74, 6) is -0.763. The van der Waals surface area contributed by atoms with Gasteiger partial charge in [-0.05, 0) is 18.2 Å². The average Bonchev–Trinajstić information content (AvgIpc) is 2.76. The second-order valence-corrected chi connectivity index (χ2v) is 5.69. The molecule has 0 aliphatic rings. The summed E-state index contributed by atoms with van der Waals surface area (Å²) in [7, 11) is -2.14. The lowest BCUT2D eigenvalue weighted by Crippen LogP contribution is -2.24. The van der Waals surface area contributed by atoms with Crippen molar-refractivity contribution in [2.45, 2.75) is 11.4 Å². The number of halogens is 1. The van der Waals surface area contributed by atoms with Crippen molar-refractivity contribution in [3.63, 3.8) is 0 Å². The molecule has 0 radical (unpaired) electrons. The Bertz CT molecular complexity index is 696. The van der Waals surface area contributed by atoms with Gasteiger partial charge in [-0.3, -0.25) is 4.68 Å². The van der Waals surface area contributed by atoms with Crippen molar-refractivity contribution in [3.05, 3.63) is 42.0 Å². The number of nitrogens with zero attached hydrogens (tertiary/aromatic N) is 2. The zero-order chi connectivity index (χ0) is 14.0. The molecule has 102 valence electrons. The molecule has 2 aromatic rings. The fourth-order valence-electron chi connectivity index (χ4n) is 1.56. The van der Waals surface area contributed by atoms with Gasteiger partial charge >= 0.3 is 0 Å². The standard InChI is InChI=1S/C11H13FN4O2S/c1-16-6-5-8(15-16)7-14-19(17,18)10-4-2-3-9(12)11(10)13/h2-6,14H,7,13H2,1H3. The van der Waals surface area contributed by atoms with Crippen molar-refractivity contribution in [1.29, 1.82) is 0 Å². The van der Waals surface area contributed by atoms with E-state index in [9.17, 15) is 12.8 Å². The molecular weight excluding hydrogens is 271 g/mol. The van der Waals surface area contributed by atoms with Crippen molar-refractivity contribution < 1.29 is 12.8 Å². The Labute approximate surface area is 110 Å². The van der Waals surface area contributed by atoms with Crippen LogP contribution in [0.5, 0.6) is 0 Å². The molecule has 0 atom stereocenters. The number of anilines is 1. The molecule has 3 N–H and O–H groups in total. The Morgan fingerprint density at radius 2 is 2.16 bits per heavy atom. The first-order valence-electron chi connectivity index (χ1n) is 5.42. The molecule has 0 saturated heterocycles. The van der Waals surface area contributed by atoms with Crippen LogP contribution in [0.4, 0.5) is 10.1 Å². The summed E-state index contributed by atoms with van der Waals surface area (Å²) in [6.07, 6.45) is 1.69. The van der Waals surface area contributed by atoms with Gasteiger partial charge in [0.1, 0.15) is 10.7 Å². The van der Waals surface area contributed by atoms with Gasteiger partial charge in [0.25, 0.3) is 0 Å². The highest BCUT2D eigenvalue weighted by Crippen LogP contribution is 2.20. The van der Waals surface area contributed by atoms with E-state index in [1.165, 1.54) is 12.1 Å². The first kappa shape index (κ1) is 13.5. The number of nitrogens with one attached hydrogen (secondary N) is 1. The van der Waals surface area contributed by atoms with Gasteiger partial charge in [-0.25, -0.2) is 17.5 Å². The third kappa shape index (κ3) is 2.91. The van der Waals surface area contributed by atoms with Crippen LogP contribution in [-0.4, -0.2) is 18.2 Å². The van der Waals surface area contributed by atoms with E-state index in [1.54, 1.807) is 24.0 Å². The largest absolute Gasteiger partial charge is 0.395 e. The molecule has 2 rings (SSSR count). The predicted molar refractivity (Wildman–Crippen MR) is 68.0 cm³/mol. The van der Waals surface area contributed by atoms with E-state index in [1.807, 2.05) is 0 Å². The summed E-state index contributed by atoms with van der Waals surface area (Å²) < 4.78 is 41.1. The second-order valence-electron chi connectivity index (χ2n) is 3.96. The zero-order valence-electron chi connectivity index (χ0n) is 10.2. The second kappa shape index (κ2) is 4.98. The molecule has 8 heteroatoms. The number of aromatic nitrogens is 2. The van der Waals surface area contributed by atoms with E-state index in [0.717, 1.165) is 6.07 Å². The van der Waals surface area contributed by atoms with E-state index in [0.29, 0.717) is 5.69 Å². The van der Waals surface area contributed by atoms with E-state index in [2.05, 4.69) is 9.82 Å². The van der Waals surface area contributed by atoms with Crippen LogP contribution in [-0.2, 0) is 23.6 Å². The fourth-order valence-corrected chi connectivity index (χ4v) is 2.69. The summed E-state index contributed by atoms with van der Waals surface area (Å²) in [4.78, 5) is -0.275. The maximum absolute atomic E-state index is 13.2. The van der Waals surface area contributed by atoms with Crippen LogP contribution in [0.25, 0.3) is 0 Å². The highest BCUT2D eigenvalue weighted by molar-refractivity contribution is 7.89. The molecule has 6 nitrogen and oxygen atoms in total. The number of hydrogen-bond donors (Lipinski definition) is 2. The number of aryl methyl sites for hydroxylation is 1. The third-order valence-corrected chi connectivity index (χ3v) is 3.97. The van der Waals surface area contributed by atoms with E-state index in [-0.39, 0.29) is 11.4 Å². The highest BCUT2D eigenvalue weighted by Gasteiger charge is 2.19. The molecule has 0 unspecified atom stereocenters. The minimum Gasteiger partial charge on any atom is -0.395 e. The number of sulfonamides is 1. The number of para-hydroxylation sites is 1. The van der Waals surface area contributed by atoms with Gasteiger partial charge in [0, 0.05) is 13.2 Å². The van der Waals surface area contributed by atoms with Crippen molar-refractivity contribution in [3.8, 4) is 0 Å². The van der Waals surface area contributed by atoms with Crippen molar-refractivity contribution in [2.24, 2.45) is 7.05 Å². The van der Waals surface area contributed by atoms with E-state index in [4.69, 9.17) is 5.73 Å². The van der Waals surface area contributed by atoms with Gasteiger partial charge < -0.3 is 5.73 Å². The van der Waals surface area contributed by atoms with Crippen molar-refractivity contribution in [2.75, 3.05) is 5.73 Å². The van der Waals surface area contributed by atoms with Gasteiger partial charge in [-0.2, -0.15) is 5.10 Å². The summed E-state index contributed by atoms with van der Waals surface area (Å²) >= 11 is 0. The summed E-state index contributed by atoms with van der Waals surface area (Å²) in [5.41, 5.74) is 5.59. The normalized spacial score (nSPS) is 11.7. The maximum Gasteiger partial charge on any atom is 0.243 e. The quantitative estimate of drug-likeness (QED) is 0.805. The number of rotatable bonds is 4. The lowest BCUT2D eigenvalue weighted by Gasteiger charge is -2.08. The zero-order valence-corrected chi connectivity index (χ0v) is 11.0. The lowest BCUT2D eigenvalue weighted by molar-refractivity contribution is 0.577. The van der Waals surface area contributed by atoms with E-state index < -0.39 is 21.5 Å². The van der Waals surface area contributed by atoms with Gasteiger partial charge in [-0.1, -0.05) is 6.07 Å². The smallest absolute Gasteiger partial charge is 0.243 e. The Balaban J connectivity index is 2.21. The topological polar surface area (TPSA) is 90.0 Å². The van der Waals surface area contributed by atoms with Crippen LogP contribution < -0.4 is 10.5 Å². The van der Waals surface area contributed by atoms with E-state index >= 15 is 0 Å². The van der Waals surface area contributed by atoms with Gasteiger partial charge in [-0.15, -0.1) is 0 Å². The molecule has 19 heavy (non-hydrogen) atoms. The number of benzene rings is 1. The lowest BCUT2D eigenvalue weighted by atomic mass is 10.3. The molecule has 0 fully saturated rings. The molecule has 1 aromatic carbocycles. The van der Waals surface area contributed by atoms with Crippen molar-refractivity contribution >= 4 is 15.7 Å². The molecule has 1 heterocycles. The number of nitrogen functional groups attached to an aromatic ring is 1. The third-order valence-electron chi connectivity index (χ3n) is 2.51. The SMILES string of the molecule is Cn1ccc(CNS(=O)(=O)c2cccc(F)c2N)n1. The van der Waals surface area contributed by atoms with Crippen LogP contribution in [0.15, 0.2) is 35.4 Å². The minimum atomic E-state index is -3.87. The first-order valence-corrected chi connectivity index (χ1v) is 6.90. The average molecular weight is 284 g/mol. The summed E-state index contributed by atoms with van der Waals surface area (Å²) in [6, 6.07) is 5.32. The first-order chi connectivity index (χ1) is 8.90. The van der Waals surface area contributed by atoms with Crippen LogP contribution in [0.3, 0.4) is 0 Å². The van der Waals surface area contributed by atoms with Crippen LogP contribution in [0.1, 0.15) is 5.69 Å². The predicted octanol–water partition coefficient (Wildman–Crippen LogP) is 0.620. The van der Waals surface area contributed by atoms with Gasteiger partial charge in [0.05, 0.1) is 17.9 Å². The Morgan fingerprint density at radius 3 is 2.79 bits per heavy atom.